The van der Waals surface area contributed by atoms with Crippen molar-refractivity contribution in [2.45, 2.75) is 26.7 Å². The molecule has 0 aromatic heterocycles. The topological polar surface area (TPSA) is 29.5 Å². The van der Waals surface area contributed by atoms with Gasteiger partial charge in [-0.25, -0.2) is 4.79 Å². The number of hydrogen-bond acceptors (Lipinski definition) is 2. The Labute approximate surface area is 80.1 Å². The summed E-state index contributed by atoms with van der Waals surface area (Å²) in [6.45, 7) is 5.45. The minimum Gasteiger partial charge on any atom is -0.449 e. The zero-order valence-corrected chi connectivity index (χ0v) is 8.75. The van der Waals surface area contributed by atoms with Crippen LogP contribution in [0.3, 0.4) is 0 Å². The lowest BCUT2D eigenvalue weighted by Crippen LogP contribution is -2.30. The van der Waals surface area contributed by atoms with Gasteiger partial charge in [0.15, 0.2) is 0 Å². The molecule has 1 saturated carbocycles. The van der Waals surface area contributed by atoms with Gasteiger partial charge in [0.2, 0.25) is 0 Å². The standard InChI is InChI=1S/C10H19NO2/c1-8(2)7-13-10(12)11(3)6-9-4-5-9/h8-9H,4-7H2,1-3H3. The molecular weight excluding hydrogens is 166 g/mol. The Kier molecular flexibility index (Phi) is 3.58. The fraction of sp³-hybridized carbons (Fsp3) is 0.900. The van der Waals surface area contributed by atoms with Crippen molar-refractivity contribution in [1.29, 1.82) is 0 Å². The molecule has 1 amide bonds. The van der Waals surface area contributed by atoms with Crippen LogP contribution in [-0.2, 0) is 4.74 Å². The lowest BCUT2D eigenvalue weighted by Gasteiger charge is -2.17. The summed E-state index contributed by atoms with van der Waals surface area (Å²) in [5, 5.41) is 0. The molecule has 13 heavy (non-hydrogen) atoms. The minimum absolute atomic E-state index is 0.180. The van der Waals surface area contributed by atoms with Crippen LogP contribution < -0.4 is 0 Å². The van der Waals surface area contributed by atoms with Gasteiger partial charge in [-0.3, -0.25) is 0 Å². The minimum atomic E-state index is -0.180. The van der Waals surface area contributed by atoms with E-state index >= 15 is 0 Å². The number of amides is 1. The molecule has 1 rings (SSSR count). The maximum absolute atomic E-state index is 11.3. The van der Waals surface area contributed by atoms with Crippen molar-refractivity contribution < 1.29 is 9.53 Å². The summed E-state index contributed by atoms with van der Waals surface area (Å²) in [7, 11) is 1.81. The van der Waals surface area contributed by atoms with Crippen LogP contribution in [0.1, 0.15) is 26.7 Å². The average molecular weight is 185 g/mol. The van der Waals surface area contributed by atoms with Crippen molar-refractivity contribution in [3.63, 3.8) is 0 Å². The quantitative estimate of drug-likeness (QED) is 0.671. The van der Waals surface area contributed by atoms with Crippen LogP contribution in [0, 0.1) is 11.8 Å². The van der Waals surface area contributed by atoms with Crippen LogP contribution in [0.15, 0.2) is 0 Å². The van der Waals surface area contributed by atoms with Gasteiger partial charge >= 0.3 is 6.09 Å². The van der Waals surface area contributed by atoms with E-state index in [0.29, 0.717) is 12.5 Å². The van der Waals surface area contributed by atoms with Gasteiger partial charge in [0, 0.05) is 13.6 Å². The number of carbonyl (C=O) groups is 1. The monoisotopic (exact) mass is 185 g/mol. The maximum atomic E-state index is 11.3. The van der Waals surface area contributed by atoms with Crippen molar-refractivity contribution in [2.24, 2.45) is 11.8 Å². The van der Waals surface area contributed by atoms with Gasteiger partial charge in [-0.2, -0.15) is 0 Å². The van der Waals surface area contributed by atoms with Crippen LogP contribution in [0.25, 0.3) is 0 Å². The second-order valence-electron chi connectivity index (χ2n) is 4.29. The predicted octanol–water partition coefficient (Wildman–Crippen LogP) is 2.12. The van der Waals surface area contributed by atoms with E-state index in [2.05, 4.69) is 0 Å². The second kappa shape index (κ2) is 4.49. The fourth-order valence-electron chi connectivity index (χ4n) is 1.11. The first kappa shape index (κ1) is 10.4. The van der Waals surface area contributed by atoms with E-state index in [1.165, 1.54) is 12.8 Å². The first-order valence-corrected chi connectivity index (χ1v) is 4.97. The Hall–Kier alpha value is -0.730. The van der Waals surface area contributed by atoms with E-state index in [1.54, 1.807) is 11.9 Å². The molecular formula is C10H19NO2. The highest BCUT2D eigenvalue weighted by Crippen LogP contribution is 2.29. The van der Waals surface area contributed by atoms with Crippen molar-refractivity contribution in [3.05, 3.63) is 0 Å². The Morgan fingerprint density at radius 3 is 2.62 bits per heavy atom. The molecule has 1 aliphatic carbocycles. The smallest absolute Gasteiger partial charge is 0.409 e. The third-order valence-electron chi connectivity index (χ3n) is 2.08. The molecule has 0 heterocycles. The van der Waals surface area contributed by atoms with E-state index in [0.717, 1.165) is 12.5 Å². The Morgan fingerprint density at radius 2 is 2.15 bits per heavy atom. The summed E-state index contributed by atoms with van der Waals surface area (Å²) < 4.78 is 5.08. The number of nitrogens with zero attached hydrogens (tertiary/aromatic N) is 1. The van der Waals surface area contributed by atoms with Crippen LogP contribution in [0.4, 0.5) is 4.79 Å². The summed E-state index contributed by atoms with van der Waals surface area (Å²) in [4.78, 5) is 13.0. The van der Waals surface area contributed by atoms with Crippen LogP contribution >= 0.6 is 0 Å². The molecule has 0 aromatic carbocycles. The molecule has 0 aromatic rings. The summed E-state index contributed by atoms with van der Waals surface area (Å²) in [6.07, 6.45) is 2.35. The molecule has 0 aliphatic heterocycles. The lowest BCUT2D eigenvalue weighted by molar-refractivity contribution is 0.0986. The van der Waals surface area contributed by atoms with Crippen molar-refractivity contribution in [3.8, 4) is 0 Å². The molecule has 0 N–H and O–H groups in total. The zero-order valence-electron chi connectivity index (χ0n) is 8.75. The Bertz CT molecular complexity index is 176. The lowest BCUT2D eigenvalue weighted by atomic mass is 10.2. The molecule has 0 spiro atoms. The van der Waals surface area contributed by atoms with Crippen LogP contribution in [0.2, 0.25) is 0 Å². The molecule has 0 atom stereocenters. The molecule has 0 saturated heterocycles. The van der Waals surface area contributed by atoms with Crippen LogP contribution in [0.5, 0.6) is 0 Å². The van der Waals surface area contributed by atoms with E-state index < -0.39 is 0 Å². The third kappa shape index (κ3) is 4.15. The highest BCUT2D eigenvalue weighted by molar-refractivity contribution is 5.67. The normalized spacial score (nSPS) is 16.0. The molecule has 1 aliphatic rings. The van der Waals surface area contributed by atoms with Gasteiger partial charge in [0.25, 0.3) is 0 Å². The van der Waals surface area contributed by atoms with Crippen molar-refractivity contribution >= 4 is 6.09 Å². The van der Waals surface area contributed by atoms with Gasteiger partial charge in [-0.05, 0) is 24.7 Å². The number of rotatable bonds is 4. The van der Waals surface area contributed by atoms with Gasteiger partial charge in [0.05, 0.1) is 6.61 Å². The predicted molar refractivity (Wildman–Crippen MR) is 51.5 cm³/mol. The number of ether oxygens (including phenoxy) is 1. The van der Waals surface area contributed by atoms with Crippen molar-refractivity contribution in [2.75, 3.05) is 20.2 Å². The first-order valence-electron chi connectivity index (χ1n) is 4.97. The highest BCUT2D eigenvalue weighted by atomic mass is 16.6. The zero-order chi connectivity index (χ0) is 9.84. The first-order chi connectivity index (χ1) is 6.09. The molecule has 3 nitrogen and oxygen atoms in total. The van der Waals surface area contributed by atoms with Gasteiger partial charge in [0.1, 0.15) is 0 Å². The SMILES string of the molecule is CC(C)COC(=O)N(C)CC1CC1. The van der Waals surface area contributed by atoms with Crippen LogP contribution in [-0.4, -0.2) is 31.2 Å². The molecule has 0 radical (unpaired) electrons. The van der Waals surface area contributed by atoms with E-state index in [9.17, 15) is 4.79 Å². The number of carbonyl (C=O) groups excluding carboxylic acids is 1. The Morgan fingerprint density at radius 1 is 1.54 bits per heavy atom. The summed E-state index contributed by atoms with van der Waals surface area (Å²) in [5.41, 5.74) is 0. The highest BCUT2D eigenvalue weighted by Gasteiger charge is 2.25. The van der Waals surface area contributed by atoms with Gasteiger partial charge < -0.3 is 9.64 Å². The second-order valence-corrected chi connectivity index (χ2v) is 4.29. The summed E-state index contributed by atoms with van der Waals surface area (Å²) in [5.74, 6) is 1.15. The fourth-order valence-corrected chi connectivity index (χ4v) is 1.11. The third-order valence-corrected chi connectivity index (χ3v) is 2.08. The molecule has 1 fully saturated rings. The molecule has 3 heteroatoms. The average Bonchev–Trinajstić information content (AvgIpc) is 2.83. The molecule has 0 unspecified atom stereocenters. The van der Waals surface area contributed by atoms with Crippen molar-refractivity contribution in [1.82, 2.24) is 4.90 Å². The Balaban J connectivity index is 2.13. The summed E-state index contributed by atoms with van der Waals surface area (Å²) in [6, 6.07) is 0. The molecule has 0 bridgehead atoms. The number of hydrogen-bond donors (Lipinski definition) is 0. The van der Waals surface area contributed by atoms with E-state index in [-0.39, 0.29) is 6.09 Å². The van der Waals surface area contributed by atoms with E-state index in [1.807, 2.05) is 13.8 Å². The van der Waals surface area contributed by atoms with Gasteiger partial charge in [-0.15, -0.1) is 0 Å². The largest absolute Gasteiger partial charge is 0.449 e. The maximum Gasteiger partial charge on any atom is 0.409 e. The van der Waals surface area contributed by atoms with E-state index in [4.69, 9.17) is 4.74 Å². The summed E-state index contributed by atoms with van der Waals surface area (Å²) >= 11 is 0. The van der Waals surface area contributed by atoms with Gasteiger partial charge in [-0.1, -0.05) is 13.8 Å². The molecule has 76 valence electrons.